The Bertz CT molecular complexity index is 1190. The van der Waals surface area contributed by atoms with Gasteiger partial charge in [0.25, 0.3) is 0 Å². The predicted octanol–water partition coefficient (Wildman–Crippen LogP) is 5.50. The minimum absolute atomic E-state index is 0.0572. The van der Waals surface area contributed by atoms with Crippen molar-refractivity contribution in [1.29, 1.82) is 0 Å². The van der Waals surface area contributed by atoms with Crippen LogP contribution < -0.4 is 5.32 Å². The van der Waals surface area contributed by atoms with Gasteiger partial charge in [-0.2, -0.15) is 5.10 Å². The fraction of sp³-hybridized carbons (Fsp3) is 0.615. The van der Waals surface area contributed by atoms with Crippen LogP contribution in [0.15, 0.2) is 35.4 Å². The van der Waals surface area contributed by atoms with Crippen molar-refractivity contribution in [1.82, 2.24) is 9.78 Å². The highest BCUT2D eigenvalue weighted by atomic mass is 35.5. The number of carbonyl (C=O) groups is 1. The van der Waals surface area contributed by atoms with Gasteiger partial charge in [0.15, 0.2) is 24.0 Å². The number of benzene rings is 1. The zero-order valence-corrected chi connectivity index (χ0v) is 25.3. The molecule has 11 heteroatoms. The molecule has 37 heavy (non-hydrogen) atoms. The first kappa shape index (κ1) is 29.8. The second kappa shape index (κ2) is 12.0. The zero-order valence-electron chi connectivity index (χ0n) is 22.7. The van der Waals surface area contributed by atoms with Crippen molar-refractivity contribution in [2.24, 2.45) is 5.92 Å². The number of hydrogen-bond donors (Lipinski definition) is 1. The number of nitrogens with one attached hydrogen (secondary N) is 1. The highest BCUT2D eigenvalue weighted by molar-refractivity contribution is 7.90. The van der Waals surface area contributed by atoms with Crippen LogP contribution in [0.4, 0.5) is 5.82 Å². The number of amides is 1. The summed E-state index contributed by atoms with van der Waals surface area (Å²) >= 11 is 6.32. The number of nitrogens with zero attached hydrogens (tertiary/aromatic N) is 2. The summed E-state index contributed by atoms with van der Waals surface area (Å²) < 4.78 is 37.5. The Morgan fingerprint density at radius 3 is 2.54 bits per heavy atom. The molecule has 1 N–H and O–H groups in total. The largest absolute Gasteiger partial charge is 0.415 e. The lowest BCUT2D eigenvalue weighted by Gasteiger charge is -2.36. The van der Waals surface area contributed by atoms with Crippen LogP contribution in [0, 0.1) is 5.92 Å². The fourth-order valence-corrected chi connectivity index (χ4v) is 6.49. The van der Waals surface area contributed by atoms with Crippen LogP contribution >= 0.6 is 11.6 Å². The molecule has 0 aliphatic carbocycles. The maximum absolute atomic E-state index is 13.5. The highest BCUT2D eigenvalue weighted by Crippen LogP contribution is 2.36. The van der Waals surface area contributed by atoms with E-state index in [1.165, 1.54) is 6.07 Å². The van der Waals surface area contributed by atoms with Gasteiger partial charge in [-0.3, -0.25) is 9.48 Å². The molecule has 1 aliphatic heterocycles. The van der Waals surface area contributed by atoms with E-state index < -0.39 is 24.1 Å². The summed E-state index contributed by atoms with van der Waals surface area (Å²) in [4.78, 5) is 13.5. The molecule has 1 amide bonds. The Hall–Kier alpha value is -1.72. The molecule has 8 nitrogen and oxygen atoms in total. The van der Waals surface area contributed by atoms with Gasteiger partial charge < -0.3 is 14.5 Å². The summed E-state index contributed by atoms with van der Waals surface area (Å²) in [5, 5.41) is 7.72. The van der Waals surface area contributed by atoms with Crippen LogP contribution in [-0.4, -0.2) is 58.5 Å². The summed E-state index contributed by atoms with van der Waals surface area (Å²) in [6.45, 7) is 13.6. The molecule has 2 aromatic rings. The van der Waals surface area contributed by atoms with Gasteiger partial charge >= 0.3 is 0 Å². The van der Waals surface area contributed by atoms with E-state index in [-0.39, 0.29) is 20.9 Å². The van der Waals surface area contributed by atoms with Gasteiger partial charge in [-0.25, -0.2) is 8.42 Å². The third kappa shape index (κ3) is 8.13. The average molecular weight is 570 g/mol. The second-order valence-corrected chi connectivity index (χ2v) is 18.6. The molecule has 1 saturated heterocycles. The van der Waals surface area contributed by atoms with Gasteiger partial charge in [-0.05, 0) is 61.0 Å². The Morgan fingerprint density at radius 2 is 1.95 bits per heavy atom. The van der Waals surface area contributed by atoms with Gasteiger partial charge in [0, 0.05) is 31.7 Å². The van der Waals surface area contributed by atoms with E-state index in [1.807, 2.05) is 6.20 Å². The van der Waals surface area contributed by atoms with Gasteiger partial charge in [0.2, 0.25) is 5.91 Å². The fourth-order valence-electron chi connectivity index (χ4n) is 4.12. The van der Waals surface area contributed by atoms with Crippen LogP contribution in [0.25, 0.3) is 0 Å². The van der Waals surface area contributed by atoms with Crippen LogP contribution in [0.5, 0.6) is 0 Å². The van der Waals surface area contributed by atoms with Crippen LogP contribution in [0.1, 0.15) is 51.5 Å². The number of hydrogen-bond acceptors (Lipinski definition) is 6. The average Bonchev–Trinajstić information content (AvgIpc) is 3.23. The standard InChI is InChI=1S/C26H40ClN3O5SSi/c1-26(2,3)37(5,6)35-16-13-30-12-9-24(29-30)28-25(31)21(17-19-10-14-34-15-11-19)20-7-8-23(22(27)18-20)36(4,32)33/h7-9,12,18-19,21H,10-11,13-17H2,1-6H3,(H,28,29,31). The molecular weight excluding hydrogens is 530 g/mol. The molecule has 0 radical (unpaired) electrons. The minimum atomic E-state index is -3.46. The normalized spacial score (nSPS) is 16.5. The molecule has 1 unspecified atom stereocenters. The Kier molecular flexibility index (Phi) is 9.66. The number of halogens is 1. The third-order valence-electron chi connectivity index (χ3n) is 7.47. The summed E-state index contributed by atoms with van der Waals surface area (Å²) in [6, 6.07) is 6.53. The van der Waals surface area contributed by atoms with E-state index in [2.05, 4.69) is 44.3 Å². The predicted molar refractivity (Wildman–Crippen MR) is 149 cm³/mol. The lowest BCUT2D eigenvalue weighted by atomic mass is 9.84. The van der Waals surface area contributed by atoms with E-state index in [0.717, 1.165) is 19.1 Å². The Morgan fingerprint density at radius 1 is 1.27 bits per heavy atom. The summed E-state index contributed by atoms with van der Waals surface area (Å²) in [7, 11) is -5.31. The monoisotopic (exact) mass is 569 g/mol. The first-order chi connectivity index (χ1) is 17.2. The first-order valence-electron chi connectivity index (χ1n) is 12.7. The summed E-state index contributed by atoms with van der Waals surface area (Å²) in [5.74, 6) is 0.0924. The van der Waals surface area contributed by atoms with Gasteiger partial charge in [-0.1, -0.05) is 38.4 Å². The van der Waals surface area contributed by atoms with Crippen molar-refractivity contribution in [2.45, 2.75) is 75.5 Å². The highest BCUT2D eigenvalue weighted by Gasteiger charge is 2.37. The van der Waals surface area contributed by atoms with Crippen molar-refractivity contribution in [3.8, 4) is 0 Å². The molecule has 3 rings (SSSR count). The number of carbonyl (C=O) groups excluding carboxylic acids is 1. The molecule has 206 valence electrons. The van der Waals surface area contributed by atoms with Crippen LogP contribution in [0.3, 0.4) is 0 Å². The molecule has 0 saturated carbocycles. The summed E-state index contributed by atoms with van der Waals surface area (Å²) in [5.41, 5.74) is 0.684. The van der Waals surface area contributed by atoms with Gasteiger partial charge in [0.1, 0.15) is 0 Å². The lowest BCUT2D eigenvalue weighted by Crippen LogP contribution is -2.41. The Labute approximate surface area is 227 Å². The first-order valence-corrected chi connectivity index (χ1v) is 17.9. The van der Waals surface area contributed by atoms with Crippen molar-refractivity contribution < 1.29 is 22.4 Å². The van der Waals surface area contributed by atoms with E-state index in [4.69, 9.17) is 20.8 Å². The van der Waals surface area contributed by atoms with Crippen LogP contribution in [0.2, 0.25) is 23.2 Å². The molecule has 1 aromatic heterocycles. The topological polar surface area (TPSA) is 99.5 Å². The van der Waals surface area contributed by atoms with E-state index >= 15 is 0 Å². The molecule has 1 fully saturated rings. The molecule has 1 atom stereocenters. The number of aromatic nitrogens is 2. The number of sulfone groups is 1. The number of anilines is 1. The van der Waals surface area contributed by atoms with Gasteiger partial charge in [0.05, 0.1) is 29.0 Å². The van der Waals surface area contributed by atoms with Crippen molar-refractivity contribution in [2.75, 3.05) is 31.4 Å². The molecule has 1 aliphatic rings. The molecular formula is C26H40ClN3O5SSi. The maximum atomic E-state index is 13.5. The molecule has 0 bridgehead atoms. The summed E-state index contributed by atoms with van der Waals surface area (Å²) in [6.07, 6.45) is 5.32. The molecule has 2 heterocycles. The van der Waals surface area contributed by atoms with E-state index in [1.54, 1.807) is 22.9 Å². The SMILES string of the molecule is CC(C)(C)[Si](C)(C)OCCn1ccc(NC(=O)C(CC2CCOCC2)c2ccc(S(C)(=O)=O)c(Cl)c2)n1. The van der Waals surface area contributed by atoms with Crippen molar-refractivity contribution in [3.05, 3.63) is 41.0 Å². The molecule has 0 spiro atoms. The molecule has 1 aromatic carbocycles. The number of rotatable bonds is 10. The number of ether oxygens (including phenoxy) is 1. The minimum Gasteiger partial charge on any atom is -0.415 e. The van der Waals surface area contributed by atoms with E-state index in [9.17, 15) is 13.2 Å². The Balaban J connectivity index is 1.72. The maximum Gasteiger partial charge on any atom is 0.233 e. The van der Waals surface area contributed by atoms with Crippen LogP contribution in [-0.2, 0) is 30.3 Å². The van der Waals surface area contributed by atoms with Gasteiger partial charge in [-0.15, -0.1) is 0 Å². The smallest absolute Gasteiger partial charge is 0.233 e. The zero-order chi connectivity index (χ0) is 27.4. The quantitative estimate of drug-likeness (QED) is 0.379. The third-order valence-corrected chi connectivity index (χ3v) is 13.6. The second-order valence-electron chi connectivity index (χ2n) is 11.4. The lowest BCUT2D eigenvalue weighted by molar-refractivity contribution is -0.118. The van der Waals surface area contributed by atoms with Crippen molar-refractivity contribution >= 4 is 41.5 Å². The van der Waals surface area contributed by atoms with Crippen molar-refractivity contribution in [3.63, 3.8) is 0 Å². The van der Waals surface area contributed by atoms with E-state index in [0.29, 0.717) is 50.1 Å².